The lowest BCUT2D eigenvalue weighted by atomic mass is 10.3. The van der Waals surface area contributed by atoms with Crippen molar-refractivity contribution in [2.75, 3.05) is 19.1 Å². The molecular formula is C18H19F2IN6O2S. The first-order valence-electron chi connectivity index (χ1n) is 9.22. The van der Waals surface area contributed by atoms with Gasteiger partial charge in [0.15, 0.2) is 33.8 Å². The van der Waals surface area contributed by atoms with E-state index in [-0.39, 0.29) is 32.6 Å². The SMILES string of the molecule is CC(C)NCCCn1c(Sc2c(F)c3c(c([18F])c2I)OCO3)nc2c(N)ncnc21. The molecule has 0 bridgehead atoms. The molecule has 3 aromatic rings. The summed E-state index contributed by atoms with van der Waals surface area (Å²) in [6.07, 6.45) is 2.15. The summed E-state index contributed by atoms with van der Waals surface area (Å²) < 4.78 is 41.9. The van der Waals surface area contributed by atoms with Crippen LogP contribution in [-0.4, -0.2) is 38.9 Å². The van der Waals surface area contributed by atoms with Gasteiger partial charge in [0, 0.05) is 12.6 Å². The van der Waals surface area contributed by atoms with Crippen molar-refractivity contribution in [3.05, 3.63) is 21.5 Å². The summed E-state index contributed by atoms with van der Waals surface area (Å²) in [4.78, 5) is 12.9. The Morgan fingerprint density at radius 3 is 2.73 bits per heavy atom. The number of fused-ring (bicyclic) bond motifs is 2. The van der Waals surface area contributed by atoms with Crippen molar-refractivity contribution in [3.8, 4) is 11.5 Å². The predicted octanol–water partition coefficient (Wildman–Crippen LogP) is 3.56. The number of nitrogens with zero attached hydrogens (tertiary/aromatic N) is 4. The first-order chi connectivity index (χ1) is 14.4. The van der Waals surface area contributed by atoms with Crippen LogP contribution in [0.3, 0.4) is 0 Å². The van der Waals surface area contributed by atoms with Gasteiger partial charge in [0.2, 0.25) is 18.3 Å². The average Bonchev–Trinajstić information content (AvgIpc) is 3.33. The Hall–Kier alpha value is -1.93. The Balaban J connectivity index is 1.73. The molecule has 0 fully saturated rings. The van der Waals surface area contributed by atoms with Crippen molar-refractivity contribution >= 4 is 51.3 Å². The molecule has 0 saturated carbocycles. The molecule has 1 aliphatic heterocycles. The van der Waals surface area contributed by atoms with E-state index < -0.39 is 11.6 Å². The highest BCUT2D eigenvalue weighted by atomic mass is 127. The standard InChI is InChI=1S/C18H19F2IN6O2S/c1-8(2)23-4-3-5-27-17-12(16(22)24-6-25-17)26-18(27)30-15-10(20)14-13(28-7-29-14)9(19)11(15)21/h6,8,23H,3-5,7H2,1-2H3,(H2,22,24,25)/i19-1. The molecule has 0 atom stereocenters. The van der Waals surface area contributed by atoms with Crippen LogP contribution in [0.15, 0.2) is 16.4 Å². The fourth-order valence-electron chi connectivity index (χ4n) is 3.03. The lowest BCUT2D eigenvalue weighted by Gasteiger charge is -2.12. The summed E-state index contributed by atoms with van der Waals surface area (Å²) >= 11 is 2.75. The Labute approximate surface area is 189 Å². The Bertz CT molecular complexity index is 1110. The maximum atomic E-state index is 15.1. The van der Waals surface area contributed by atoms with E-state index in [1.165, 1.54) is 6.33 Å². The zero-order valence-corrected chi connectivity index (χ0v) is 19.2. The second-order valence-corrected chi connectivity index (χ2v) is 8.93. The molecule has 0 aliphatic carbocycles. The minimum Gasteiger partial charge on any atom is -0.450 e. The van der Waals surface area contributed by atoms with E-state index in [0.717, 1.165) is 24.7 Å². The highest BCUT2D eigenvalue weighted by Crippen LogP contribution is 2.46. The topological polar surface area (TPSA) is 100 Å². The summed E-state index contributed by atoms with van der Waals surface area (Å²) in [6, 6.07) is 0.364. The van der Waals surface area contributed by atoms with Crippen molar-refractivity contribution in [2.24, 2.45) is 0 Å². The number of rotatable bonds is 7. The quantitative estimate of drug-likeness (QED) is 0.263. The molecule has 160 valence electrons. The Morgan fingerprint density at radius 2 is 2.00 bits per heavy atom. The molecule has 0 spiro atoms. The van der Waals surface area contributed by atoms with E-state index in [4.69, 9.17) is 15.2 Å². The van der Waals surface area contributed by atoms with Gasteiger partial charge in [-0.2, -0.15) is 0 Å². The van der Waals surface area contributed by atoms with Crippen molar-refractivity contribution < 1.29 is 18.3 Å². The summed E-state index contributed by atoms with van der Waals surface area (Å²) in [5.74, 6) is -1.54. The molecule has 1 aliphatic rings. The second kappa shape index (κ2) is 8.67. The van der Waals surface area contributed by atoms with E-state index in [9.17, 15) is 4.39 Å². The van der Waals surface area contributed by atoms with Crippen LogP contribution in [0.25, 0.3) is 11.2 Å². The highest BCUT2D eigenvalue weighted by molar-refractivity contribution is 14.1. The van der Waals surface area contributed by atoms with E-state index in [1.54, 1.807) is 22.6 Å². The van der Waals surface area contributed by atoms with Crippen LogP contribution in [-0.2, 0) is 6.54 Å². The average molecular weight is 547 g/mol. The van der Waals surface area contributed by atoms with Crippen LogP contribution in [0.2, 0.25) is 0 Å². The number of imidazole rings is 1. The highest BCUT2D eigenvalue weighted by Gasteiger charge is 2.31. The molecule has 2 aromatic heterocycles. The predicted molar refractivity (Wildman–Crippen MR) is 117 cm³/mol. The van der Waals surface area contributed by atoms with Crippen molar-refractivity contribution in [1.82, 2.24) is 24.8 Å². The van der Waals surface area contributed by atoms with Crippen LogP contribution in [0, 0.1) is 15.2 Å². The third-order valence-electron chi connectivity index (χ3n) is 4.43. The molecule has 4 rings (SSSR count). The van der Waals surface area contributed by atoms with Crippen LogP contribution in [0.1, 0.15) is 20.3 Å². The summed E-state index contributed by atoms with van der Waals surface area (Å²) in [7, 11) is 0. The molecule has 3 N–H and O–H groups in total. The van der Waals surface area contributed by atoms with Crippen molar-refractivity contribution in [3.63, 3.8) is 0 Å². The molecule has 8 nitrogen and oxygen atoms in total. The van der Waals surface area contributed by atoms with Gasteiger partial charge < -0.3 is 25.1 Å². The van der Waals surface area contributed by atoms with Gasteiger partial charge in [0.25, 0.3) is 0 Å². The van der Waals surface area contributed by atoms with E-state index >= 15 is 4.39 Å². The molecule has 1 aromatic carbocycles. The largest absolute Gasteiger partial charge is 0.450 e. The molecular weight excluding hydrogens is 528 g/mol. The molecule has 0 radical (unpaired) electrons. The van der Waals surface area contributed by atoms with Gasteiger partial charge in [0.05, 0.1) is 8.47 Å². The number of aromatic nitrogens is 4. The molecule has 3 heterocycles. The number of anilines is 1. The zero-order valence-electron chi connectivity index (χ0n) is 16.2. The van der Waals surface area contributed by atoms with Gasteiger partial charge >= 0.3 is 0 Å². The number of nitrogens with one attached hydrogen (secondary N) is 1. The smallest absolute Gasteiger partial charge is 0.231 e. The monoisotopic (exact) mass is 547 g/mol. The number of hydrogen-bond acceptors (Lipinski definition) is 8. The number of nitrogen functional groups attached to an aromatic ring is 1. The summed E-state index contributed by atoms with van der Waals surface area (Å²) in [5, 5.41) is 3.79. The Morgan fingerprint density at radius 1 is 1.27 bits per heavy atom. The van der Waals surface area contributed by atoms with Gasteiger partial charge in [-0.25, -0.2) is 23.7 Å². The molecule has 30 heavy (non-hydrogen) atoms. The lowest BCUT2D eigenvalue weighted by Crippen LogP contribution is -2.24. The fraction of sp³-hybridized carbons (Fsp3) is 0.389. The first-order valence-corrected chi connectivity index (χ1v) is 11.1. The number of aryl methyl sites for hydroxylation is 1. The summed E-state index contributed by atoms with van der Waals surface area (Å²) in [6.45, 7) is 5.27. The first kappa shape index (κ1) is 21.3. The maximum absolute atomic E-state index is 15.1. The molecule has 0 amide bonds. The Kier molecular flexibility index (Phi) is 6.16. The lowest BCUT2D eigenvalue weighted by molar-refractivity contribution is 0.168. The normalized spacial score (nSPS) is 13.0. The number of ether oxygens (including phenoxy) is 2. The number of halogens is 3. The van der Waals surface area contributed by atoms with E-state index in [1.807, 2.05) is 4.57 Å². The van der Waals surface area contributed by atoms with Crippen molar-refractivity contribution in [2.45, 2.75) is 42.9 Å². The van der Waals surface area contributed by atoms with Gasteiger partial charge in [-0.1, -0.05) is 13.8 Å². The number of hydrogen-bond donors (Lipinski definition) is 2. The van der Waals surface area contributed by atoms with Gasteiger partial charge in [-0.15, -0.1) is 0 Å². The summed E-state index contributed by atoms with van der Waals surface area (Å²) in [5.41, 5.74) is 6.94. The second-order valence-electron chi connectivity index (χ2n) is 6.88. The minimum atomic E-state index is -0.683. The fourth-order valence-corrected chi connectivity index (χ4v) is 4.81. The van der Waals surface area contributed by atoms with Gasteiger partial charge in [-0.05, 0) is 47.3 Å². The van der Waals surface area contributed by atoms with Gasteiger partial charge in [0.1, 0.15) is 6.33 Å². The van der Waals surface area contributed by atoms with Crippen molar-refractivity contribution in [1.29, 1.82) is 0 Å². The molecule has 0 saturated heterocycles. The van der Waals surface area contributed by atoms with E-state index in [2.05, 4.69) is 34.1 Å². The van der Waals surface area contributed by atoms with Crippen LogP contribution >= 0.6 is 34.4 Å². The number of benzene rings is 1. The maximum Gasteiger partial charge on any atom is 0.231 e. The zero-order chi connectivity index (χ0) is 21.4. The van der Waals surface area contributed by atoms with Crippen LogP contribution in [0.5, 0.6) is 11.5 Å². The van der Waals surface area contributed by atoms with Gasteiger partial charge in [-0.3, -0.25) is 0 Å². The van der Waals surface area contributed by atoms with Crippen LogP contribution < -0.4 is 20.5 Å². The van der Waals surface area contributed by atoms with Crippen LogP contribution in [0.4, 0.5) is 14.6 Å². The minimum absolute atomic E-state index is 0.0701. The molecule has 12 heteroatoms. The third kappa shape index (κ3) is 3.87. The third-order valence-corrected chi connectivity index (χ3v) is 6.89. The number of nitrogens with two attached hydrogens (primary N) is 1. The molecule has 0 unspecified atom stereocenters. The van der Waals surface area contributed by atoms with E-state index in [0.29, 0.717) is 28.9 Å².